The molecule has 2 aromatic rings. The Morgan fingerprint density at radius 2 is 2.00 bits per heavy atom. The number of carboxylic acid groups (broad SMARTS) is 1. The maximum atomic E-state index is 12.2. The number of carbonyl (C=O) groups is 1. The summed E-state index contributed by atoms with van der Waals surface area (Å²) in [7, 11) is -3.72. The molecule has 0 radical (unpaired) electrons. The summed E-state index contributed by atoms with van der Waals surface area (Å²) in [5.41, 5.74) is 1.19. The molecule has 0 spiro atoms. The summed E-state index contributed by atoms with van der Waals surface area (Å²) >= 11 is 0.953. The van der Waals surface area contributed by atoms with E-state index in [0.717, 1.165) is 11.3 Å². The Morgan fingerprint density at radius 3 is 2.48 bits per heavy atom. The molecule has 21 heavy (non-hydrogen) atoms. The van der Waals surface area contributed by atoms with Crippen molar-refractivity contribution in [3.63, 3.8) is 0 Å². The average Bonchev–Trinajstić information content (AvgIpc) is 2.91. The van der Waals surface area contributed by atoms with Crippen LogP contribution < -0.4 is 4.72 Å². The summed E-state index contributed by atoms with van der Waals surface area (Å²) in [6.07, 6.45) is 0. The van der Waals surface area contributed by atoms with Gasteiger partial charge < -0.3 is 5.11 Å². The van der Waals surface area contributed by atoms with Crippen molar-refractivity contribution in [1.29, 1.82) is 0 Å². The molecule has 0 aliphatic rings. The summed E-state index contributed by atoms with van der Waals surface area (Å²) in [4.78, 5) is 15.2. The normalized spacial score (nSPS) is 11.8. The molecule has 0 fully saturated rings. The number of carboxylic acids is 1. The molecule has 2 heterocycles. The maximum absolute atomic E-state index is 12.2. The highest BCUT2D eigenvalue weighted by Gasteiger charge is 2.23. The molecule has 3 N–H and O–H groups in total. The number of nitrogens with one attached hydrogen (secondary N) is 2. The zero-order valence-electron chi connectivity index (χ0n) is 11.6. The van der Waals surface area contributed by atoms with Crippen molar-refractivity contribution in [3.05, 3.63) is 27.0 Å². The average molecular weight is 330 g/mol. The van der Waals surface area contributed by atoms with Gasteiger partial charge in [-0.3, -0.25) is 5.10 Å². The second-order valence-corrected chi connectivity index (χ2v) is 7.20. The second-order valence-electron chi connectivity index (χ2n) is 4.41. The predicted octanol–water partition coefficient (Wildman–Crippen LogP) is 0.968. The number of aromatic amines is 1. The third kappa shape index (κ3) is 3.12. The van der Waals surface area contributed by atoms with E-state index in [-0.39, 0.29) is 16.3 Å². The number of H-pyrrole nitrogens is 1. The van der Waals surface area contributed by atoms with Crippen LogP contribution in [-0.2, 0) is 16.6 Å². The fourth-order valence-electron chi connectivity index (χ4n) is 1.89. The Bertz CT molecular complexity index is 772. The Hall–Kier alpha value is -1.78. The Balaban J connectivity index is 2.20. The van der Waals surface area contributed by atoms with E-state index in [1.165, 1.54) is 0 Å². The van der Waals surface area contributed by atoms with Crippen LogP contribution in [0.3, 0.4) is 0 Å². The zero-order chi connectivity index (χ0) is 15.8. The van der Waals surface area contributed by atoms with Gasteiger partial charge in [-0.05, 0) is 20.8 Å². The Kier molecular flexibility index (Phi) is 4.12. The van der Waals surface area contributed by atoms with Gasteiger partial charge in [-0.25, -0.2) is 22.9 Å². The van der Waals surface area contributed by atoms with Crippen LogP contribution in [0, 0.1) is 20.8 Å². The minimum Gasteiger partial charge on any atom is -0.477 e. The first kappa shape index (κ1) is 15.6. The summed E-state index contributed by atoms with van der Waals surface area (Å²) in [6.45, 7) is 4.71. The van der Waals surface area contributed by atoms with Crippen molar-refractivity contribution in [2.24, 2.45) is 0 Å². The first-order valence-electron chi connectivity index (χ1n) is 5.93. The third-order valence-corrected chi connectivity index (χ3v) is 5.59. The van der Waals surface area contributed by atoms with Gasteiger partial charge in [0.25, 0.3) is 0 Å². The van der Waals surface area contributed by atoms with Crippen LogP contribution in [0.5, 0.6) is 0 Å². The van der Waals surface area contributed by atoms with E-state index < -0.39 is 16.0 Å². The number of nitrogens with zero attached hydrogens (tertiary/aromatic N) is 2. The Morgan fingerprint density at radius 1 is 1.33 bits per heavy atom. The zero-order valence-corrected chi connectivity index (χ0v) is 13.2. The van der Waals surface area contributed by atoms with Gasteiger partial charge in [0, 0.05) is 0 Å². The van der Waals surface area contributed by atoms with Crippen LogP contribution >= 0.6 is 11.3 Å². The molecule has 0 aromatic carbocycles. The van der Waals surface area contributed by atoms with Crippen LogP contribution in [0.4, 0.5) is 0 Å². The molecule has 10 heteroatoms. The number of aryl methyl sites for hydroxylation is 3. The van der Waals surface area contributed by atoms with Gasteiger partial charge in [0.2, 0.25) is 10.0 Å². The molecular weight excluding hydrogens is 316 g/mol. The fourth-order valence-corrected chi connectivity index (χ4v) is 4.18. The predicted molar refractivity (Wildman–Crippen MR) is 75.9 cm³/mol. The lowest BCUT2D eigenvalue weighted by atomic mass is 10.4. The summed E-state index contributed by atoms with van der Waals surface area (Å²) in [5.74, 6) is -1.07. The van der Waals surface area contributed by atoms with Gasteiger partial charge in [0.05, 0.1) is 23.6 Å². The molecule has 2 aromatic heterocycles. The third-order valence-electron chi connectivity index (χ3n) is 2.78. The summed E-state index contributed by atoms with van der Waals surface area (Å²) in [5, 5.41) is 15.8. The number of sulfonamides is 1. The highest BCUT2D eigenvalue weighted by molar-refractivity contribution is 7.89. The van der Waals surface area contributed by atoms with Crippen molar-refractivity contribution < 1.29 is 18.3 Å². The molecule has 0 amide bonds. The number of hydrogen-bond acceptors (Lipinski definition) is 6. The van der Waals surface area contributed by atoms with Gasteiger partial charge in [0.1, 0.15) is 14.8 Å². The standard InChI is InChI=1S/C11H14N4O4S2/c1-5-9(11(16)17)20-8(13-5)4-12-21(18,19)10-6(2)14-15-7(10)3/h12H,4H2,1-3H3,(H,14,15)(H,16,17). The summed E-state index contributed by atoms with van der Waals surface area (Å²) < 4.78 is 26.9. The minimum atomic E-state index is -3.72. The van der Waals surface area contributed by atoms with Crippen LogP contribution in [-0.4, -0.2) is 34.7 Å². The first-order chi connectivity index (χ1) is 9.72. The topological polar surface area (TPSA) is 125 Å². The number of thiazole rings is 1. The number of aromatic carboxylic acids is 1. The molecule has 0 atom stereocenters. The van der Waals surface area contributed by atoms with Crippen molar-refractivity contribution >= 4 is 27.3 Å². The summed E-state index contributed by atoms with van der Waals surface area (Å²) in [6, 6.07) is 0. The number of hydrogen-bond donors (Lipinski definition) is 3. The number of rotatable bonds is 5. The van der Waals surface area contributed by atoms with E-state index in [2.05, 4.69) is 19.9 Å². The SMILES string of the molecule is Cc1nc(CNS(=O)(=O)c2c(C)n[nH]c2C)sc1C(=O)O. The monoisotopic (exact) mass is 330 g/mol. The molecule has 8 nitrogen and oxygen atoms in total. The molecule has 114 valence electrons. The van der Waals surface area contributed by atoms with E-state index in [4.69, 9.17) is 5.11 Å². The van der Waals surface area contributed by atoms with E-state index in [1.807, 2.05) is 0 Å². The van der Waals surface area contributed by atoms with E-state index in [1.54, 1.807) is 20.8 Å². The highest BCUT2D eigenvalue weighted by Crippen LogP contribution is 2.20. The van der Waals surface area contributed by atoms with Gasteiger partial charge in [-0.1, -0.05) is 0 Å². The van der Waals surface area contributed by atoms with Gasteiger partial charge in [-0.2, -0.15) is 5.10 Å². The molecule has 0 aliphatic heterocycles. The lowest BCUT2D eigenvalue weighted by Gasteiger charge is -2.04. The lowest BCUT2D eigenvalue weighted by molar-refractivity contribution is 0.0701. The molecule has 0 bridgehead atoms. The quantitative estimate of drug-likeness (QED) is 0.750. The van der Waals surface area contributed by atoms with Crippen molar-refractivity contribution in [1.82, 2.24) is 19.9 Å². The van der Waals surface area contributed by atoms with E-state index in [0.29, 0.717) is 22.1 Å². The van der Waals surface area contributed by atoms with Crippen LogP contribution in [0.25, 0.3) is 0 Å². The smallest absolute Gasteiger partial charge is 0.347 e. The largest absolute Gasteiger partial charge is 0.477 e. The minimum absolute atomic E-state index is 0.0643. The van der Waals surface area contributed by atoms with Gasteiger partial charge in [-0.15, -0.1) is 11.3 Å². The number of aromatic nitrogens is 3. The van der Waals surface area contributed by atoms with Crippen molar-refractivity contribution in [2.45, 2.75) is 32.2 Å². The molecule has 0 saturated carbocycles. The van der Waals surface area contributed by atoms with Crippen LogP contribution in [0.15, 0.2) is 4.90 Å². The van der Waals surface area contributed by atoms with Crippen molar-refractivity contribution in [3.8, 4) is 0 Å². The Labute approximate surface area is 125 Å². The molecule has 2 rings (SSSR count). The van der Waals surface area contributed by atoms with E-state index in [9.17, 15) is 13.2 Å². The fraction of sp³-hybridized carbons (Fsp3) is 0.364. The molecule has 0 saturated heterocycles. The van der Waals surface area contributed by atoms with Crippen LogP contribution in [0.1, 0.15) is 31.8 Å². The van der Waals surface area contributed by atoms with Crippen molar-refractivity contribution in [2.75, 3.05) is 0 Å². The van der Waals surface area contributed by atoms with Gasteiger partial charge >= 0.3 is 5.97 Å². The maximum Gasteiger partial charge on any atom is 0.347 e. The highest BCUT2D eigenvalue weighted by atomic mass is 32.2. The second kappa shape index (κ2) is 5.54. The molecule has 0 unspecified atom stereocenters. The first-order valence-corrected chi connectivity index (χ1v) is 8.23. The molecular formula is C11H14N4O4S2. The van der Waals surface area contributed by atoms with Crippen LogP contribution in [0.2, 0.25) is 0 Å². The van der Waals surface area contributed by atoms with E-state index >= 15 is 0 Å². The van der Waals surface area contributed by atoms with Gasteiger partial charge in [0.15, 0.2) is 0 Å². The molecule has 0 aliphatic carbocycles. The lowest BCUT2D eigenvalue weighted by Crippen LogP contribution is -2.24.